The van der Waals surface area contributed by atoms with Crippen molar-refractivity contribution in [1.29, 1.82) is 0 Å². The van der Waals surface area contributed by atoms with Crippen LogP contribution in [0.3, 0.4) is 0 Å². The Bertz CT molecular complexity index is 832. The molecule has 0 bridgehead atoms. The van der Waals surface area contributed by atoms with Gasteiger partial charge < -0.3 is 0 Å². The Hall–Kier alpha value is -1.16. The highest BCUT2D eigenvalue weighted by Gasteiger charge is 2.07. The maximum atomic E-state index is 12.5. The Morgan fingerprint density at radius 1 is 0.952 bits per heavy atom. The standard InChI is InChI=1S/C17H12BrClOS/c18-15-6-4-14-10-17(7-5-13(14)9-15)21(20)11-12-2-1-3-16(19)8-12/h1-10H,11H2. The second-order valence-electron chi connectivity index (χ2n) is 4.77. The smallest absolute Gasteiger partial charge is 0.0574 e. The lowest BCUT2D eigenvalue weighted by Gasteiger charge is -2.05. The van der Waals surface area contributed by atoms with Gasteiger partial charge in [-0.1, -0.05) is 51.8 Å². The number of rotatable bonds is 3. The number of benzene rings is 3. The largest absolute Gasteiger partial charge is 0.254 e. The minimum absolute atomic E-state index is 0.475. The highest BCUT2D eigenvalue weighted by Crippen LogP contribution is 2.23. The molecule has 3 aromatic carbocycles. The minimum atomic E-state index is -1.07. The van der Waals surface area contributed by atoms with E-state index < -0.39 is 10.8 Å². The molecule has 0 fully saturated rings. The first-order chi connectivity index (χ1) is 10.1. The lowest BCUT2D eigenvalue weighted by atomic mass is 10.1. The van der Waals surface area contributed by atoms with Gasteiger partial charge >= 0.3 is 0 Å². The predicted molar refractivity (Wildman–Crippen MR) is 93.2 cm³/mol. The fourth-order valence-electron chi connectivity index (χ4n) is 2.20. The van der Waals surface area contributed by atoms with E-state index >= 15 is 0 Å². The van der Waals surface area contributed by atoms with Crippen LogP contribution in [0.4, 0.5) is 0 Å². The Morgan fingerprint density at radius 3 is 2.52 bits per heavy atom. The summed E-state index contributed by atoms with van der Waals surface area (Å²) in [6.07, 6.45) is 0. The molecular formula is C17H12BrClOS. The third kappa shape index (κ3) is 3.54. The van der Waals surface area contributed by atoms with E-state index in [4.69, 9.17) is 11.6 Å². The van der Waals surface area contributed by atoms with Gasteiger partial charge in [0, 0.05) is 14.4 Å². The van der Waals surface area contributed by atoms with E-state index in [1.807, 2.05) is 54.6 Å². The van der Waals surface area contributed by atoms with Crippen molar-refractivity contribution >= 4 is 49.1 Å². The second kappa shape index (κ2) is 6.30. The highest BCUT2D eigenvalue weighted by molar-refractivity contribution is 9.10. The topological polar surface area (TPSA) is 17.1 Å². The zero-order valence-electron chi connectivity index (χ0n) is 11.1. The van der Waals surface area contributed by atoms with Gasteiger partial charge in [-0.3, -0.25) is 4.21 Å². The van der Waals surface area contributed by atoms with Crippen molar-refractivity contribution in [2.75, 3.05) is 0 Å². The molecule has 0 spiro atoms. The molecule has 0 N–H and O–H groups in total. The molecular weight excluding hydrogens is 368 g/mol. The van der Waals surface area contributed by atoms with Gasteiger partial charge in [0.05, 0.1) is 16.6 Å². The van der Waals surface area contributed by atoms with E-state index in [1.54, 1.807) is 0 Å². The van der Waals surface area contributed by atoms with Gasteiger partial charge in [0.1, 0.15) is 0 Å². The van der Waals surface area contributed by atoms with Gasteiger partial charge in [-0.05, 0) is 52.7 Å². The molecule has 0 aliphatic carbocycles. The maximum Gasteiger partial charge on any atom is 0.0574 e. The highest BCUT2D eigenvalue weighted by atomic mass is 79.9. The molecule has 0 amide bonds. The van der Waals surface area contributed by atoms with E-state index in [1.165, 1.54) is 0 Å². The van der Waals surface area contributed by atoms with Crippen LogP contribution < -0.4 is 0 Å². The van der Waals surface area contributed by atoms with Crippen LogP contribution >= 0.6 is 27.5 Å². The zero-order valence-corrected chi connectivity index (χ0v) is 14.2. The summed E-state index contributed by atoms with van der Waals surface area (Å²) in [5.41, 5.74) is 0.983. The van der Waals surface area contributed by atoms with E-state index in [2.05, 4.69) is 22.0 Å². The van der Waals surface area contributed by atoms with E-state index in [-0.39, 0.29) is 0 Å². The summed E-state index contributed by atoms with van der Waals surface area (Å²) in [5.74, 6) is 0.475. The normalized spacial score (nSPS) is 12.5. The Kier molecular flexibility index (Phi) is 4.43. The Balaban J connectivity index is 1.89. The second-order valence-corrected chi connectivity index (χ2v) is 7.58. The molecule has 1 unspecified atom stereocenters. The number of halogens is 2. The van der Waals surface area contributed by atoms with Crippen molar-refractivity contribution in [3.8, 4) is 0 Å². The first kappa shape index (κ1) is 14.8. The molecule has 0 radical (unpaired) electrons. The molecule has 0 heterocycles. The summed E-state index contributed by atoms with van der Waals surface area (Å²) in [4.78, 5) is 0.838. The first-order valence-corrected chi connectivity index (χ1v) is 8.93. The monoisotopic (exact) mass is 378 g/mol. The Morgan fingerprint density at radius 2 is 1.71 bits per heavy atom. The van der Waals surface area contributed by atoms with Gasteiger partial charge in [-0.2, -0.15) is 0 Å². The molecule has 4 heteroatoms. The van der Waals surface area contributed by atoms with Gasteiger partial charge in [0.15, 0.2) is 0 Å². The minimum Gasteiger partial charge on any atom is -0.254 e. The molecule has 1 nitrogen and oxygen atoms in total. The number of hydrogen-bond donors (Lipinski definition) is 0. The van der Waals surface area contributed by atoms with Crippen molar-refractivity contribution < 1.29 is 4.21 Å². The van der Waals surface area contributed by atoms with Crippen LogP contribution in [0.5, 0.6) is 0 Å². The number of hydrogen-bond acceptors (Lipinski definition) is 1. The average molecular weight is 380 g/mol. The molecule has 0 saturated heterocycles. The summed E-state index contributed by atoms with van der Waals surface area (Å²) in [6, 6.07) is 19.5. The first-order valence-electron chi connectivity index (χ1n) is 6.44. The fourth-order valence-corrected chi connectivity index (χ4v) is 3.92. The van der Waals surface area contributed by atoms with Crippen molar-refractivity contribution in [2.24, 2.45) is 0 Å². The van der Waals surface area contributed by atoms with Crippen LogP contribution in [0.25, 0.3) is 10.8 Å². The lowest BCUT2D eigenvalue weighted by molar-refractivity contribution is 0.682. The molecule has 3 aromatic rings. The molecule has 3 rings (SSSR count). The third-order valence-corrected chi connectivity index (χ3v) is 5.33. The molecule has 21 heavy (non-hydrogen) atoms. The predicted octanol–water partition coefficient (Wildman–Crippen LogP) is 5.56. The lowest BCUT2D eigenvalue weighted by Crippen LogP contribution is -1.96. The van der Waals surface area contributed by atoms with Crippen LogP contribution in [-0.4, -0.2) is 4.21 Å². The molecule has 0 aromatic heterocycles. The molecule has 106 valence electrons. The van der Waals surface area contributed by atoms with Crippen LogP contribution in [0, 0.1) is 0 Å². The van der Waals surface area contributed by atoms with Crippen molar-refractivity contribution in [2.45, 2.75) is 10.6 Å². The van der Waals surface area contributed by atoms with Gasteiger partial charge in [0.2, 0.25) is 0 Å². The quantitative estimate of drug-likeness (QED) is 0.582. The van der Waals surface area contributed by atoms with Crippen molar-refractivity contribution in [3.05, 3.63) is 75.7 Å². The SMILES string of the molecule is O=S(Cc1cccc(Cl)c1)c1ccc2cc(Br)ccc2c1. The zero-order chi connectivity index (χ0) is 14.8. The van der Waals surface area contributed by atoms with Crippen LogP contribution in [0.1, 0.15) is 5.56 Å². The summed E-state index contributed by atoms with van der Waals surface area (Å²) in [7, 11) is -1.07. The van der Waals surface area contributed by atoms with Crippen LogP contribution in [0.15, 0.2) is 70.0 Å². The van der Waals surface area contributed by atoms with Gasteiger partial charge in [-0.15, -0.1) is 0 Å². The molecule has 1 atom stereocenters. The van der Waals surface area contributed by atoms with E-state index in [0.717, 1.165) is 25.7 Å². The van der Waals surface area contributed by atoms with E-state index in [9.17, 15) is 4.21 Å². The summed E-state index contributed by atoms with van der Waals surface area (Å²) in [5, 5.41) is 2.90. The summed E-state index contributed by atoms with van der Waals surface area (Å²) < 4.78 is 13.5. The van der Waals surface area contributed by atoms with Gasteiger partial charge in [0.25, 0.3) is 0 Å². The van der Waals surface area contributed by atoms with Crippen molar-refractivity contribution in [3.63, 3.8) is 0 Å². The summed E-state index contributed by atoms with van der Waals surface area (Å²) >= 11 is 9.42. The molecule has 0 aliphatic rings. The number of fused-ring (bicyclic) bond motifs is 1. The van der Waals surface area contributed by atoms with E-state index in [0.29, 0.717) is 10.8 Å². The van der Waals surface area contributed by atoms with Crippen LogP contribution in [0.2, 0.25) is 5.02 Å². The Labute approximate surface area is 139 Å². The molecule has 0 aliphatic heterocycles. The average Bonchev–Trinajstić information content (AvgIpc) is 2.46. The maximum absolute atomic E-state index is 12.5. The fraction of sp³-hybridized carbons (Fsp3) is 0.0588. The molecule has 0 saturated carbocycles. The summed E-state index contributed by atoms with van der Waals surface area (Å²) in [6.45, 7) is 0. The third-order valence-electron chi connectivity index (χ3n) is 3.22. The van der Waals surface area contributed by atoms with Crippen LogP contribution in [-0.2, 0) is 16.6 Å². The van der Waals surface area contributed by atoms with Gasteiger partial charge in [-0.25, -0.2) is 0 Å². The van der Waals surface area contributed by atoms with Crippen molar-refractivity contribution in [1.82, 2.24) is 0 Å².